The molecule has 27 heavy (non-hydrogen) atoms. The third-order valence-electron chi connectivity index (χ3n) is 4.71. The predicted molar refractivity (Wildman–Crippen MR) is 104 cm³/mol. The summed E-state index contributed by atoms with van der Waals surface area (Å²) in [5.41, 5.74) is 2.53. The van der Waals surface area contributed by atoms with Crippen LogP contribution in [0.1, 0.15) is 31.0 Å². The third kappa shape index (κ3) is 3.33. The Balaban J connectivity index is 2.17. The van der Waals surface area contributed by atoms with Gasteiger partial charge in [0.05, 0.1) is 18.7 Å². The Morgan fingerprint density at radius 2 is 1.81 bits per heavy atom. The van der Waals surface area contributed by atoms with Gasteiger partial charge in [0.2, 0.25) is 0 Å². The molecule has 1 heterocycles. The summed E-state index contributed by atoms with van der Waals surface area (Å²) in [7, 11) is 1.57. The molecule has 0 saturated heterocycles. The summed E-state index contributed by atoms with van der Waals surface area (Å²) in [5.74, 6) is -0.957. The van der Waals surface area contributed by atoms with Crippen LogP contribution in [-0.2, 0) is 9.59 Å². The van der Waals surface area contributed by atoms with Crippen LogP contribution in [0.3, 0.4) is 0 Å². The molecule has 0 radical (unpaired) electrons. The molecule has 5 nitrogen and oxygen atoms in total. The highest BCUT2D eigenvalue weighted by Gasteiger charge is 2.44. The lowest BCUT2D eigenvalue weighted by Gasteiger charge is -2.27. The van der Waals surface area contributed by atoms with E-state index in [1.807, 2.05) is 31.2 Å². The van der Waals surface area contributed by atoms with Crippen molar-refractivity contribution in [2.45, 2.75) is 26.8 Å². The molecule has 0 spiro atoms. The van der Waals surface area contributed by atoms with Crippen LogP contribution in [-0.4, -0.2) is 23.9 Å². The fourth-order valence-corrected chi connectivity index (χ4v) is 3.33. The summed E-state index contributed by atoms with van der Waals surface area (Å²) in [6, 6.07) is 13.9. The monoisotopic (exact) mass is 365 g/mol. The maximum absolute atomic E-state index is 12.9. The molecule has 0 aliphatic carbocycles. The molecule has 0 bridgehead atoms. The number of ether oxygens (including phenoxy) is 1. The summed E-state index contributed by atoms with van der Waals surface area (Å²) in [6.07, 6.45) is 0. The Kier molecular flexibility index (Phi) is 5.04. The van der Waals surface area contributed by atoms with Crippen LogP contribution in [0.2, 0.25) is 0 Å². The number of carbonyl (C=O) groups is 2. The average Bonchev–Trinajstić information content (AvgIpc) is 2.92. The lowest BCUT2D eigenvalue weighted by atomic mass is 9.90. The maximum Gasteiger partial charge on any atom is 0.294 e. The highest BCUT2D eigenvalue weighted by Crippen LogP contribution is 2.42. The number of Topliss-reactive ketones (excluding diaryl/α,β-unsaturated/α-hetero) is 1. The van der Waals surface area contributed by atoms with Gasteiger partial charge < -0.3 is 9.84 Å². The first-order chi connectivity index (χ1) is 12.8. The minimum absolute atomic E-state index is 0.149. The van der Waals surface area contributed by atoms with Crippen molar-refractivity contribution in [2.75, 3.05) is 12.0 Å². The molecule has 5 heteroatoms. The average molecular weight is 365 g/mol. The van der Waals surface area contributed by atoms with Gasteiger partial charge in [-0.3, -0.25) is 14.5 Å². The minimum Gasteiger partial charge on any atom is -0.503 e. The summed E-state index contributed by atoms with van der Waals surface area (Å²) in [5, 5.41) is 10.6. The van der Waals surface area contributed by atoms with E-state index in [1.165, 1.54) is 4.90 Å². The number of ketones is 1. The van der Waals surface area contributed by atoms with E-state index in [9.17, 15) is 14.7 Å². The van der Waals surface area contributed by atoms with Crippen LogP contribution >= 0.6 is 0 Å². The molecule has 1 aliphatic rings. The molecule has 1 N–H and O–H groups in total. The Hall–Kier alpha value is -3.08. The Morgan fingerprint density at radius 3 is 2.37 bits per heavy atom. The largest absolute Gasteiger partial charge is 0.503 e. The summed E-state index contributed by atoms with van der Waals surface area (Å²) in [4.78, 5) is 27.2. The normalized spacial score (nSPS) is 17.0. The second-order valence-electron chi connectivity index (χ2n) is 6.97. The van der Waals surface area contributed by atoms with Gasteiger partial charge in [0.15, 0.2) is 11.5 Å². The van der Waals surface area contributed by atoms with Gasteiger partial charge in [0.25, 0.3) is 5.91 Å². The molecular weight excluding hydrogens is 342 g/mol. The van der Waals surface area contributed by atoms with Crippen LogP contribution < -0.4 is 9.64 Å². The number of nitrogens with zero attached hydrogens (tertiary/aromatic N) is 1. The van der Waals surface area contributed by atoms with E-state index < -0.39 is 17.7 Å². The van der Waals surface area contributed by atoms with E-state index in [1.54, 1.807) is 45.2 Å². The number of aliphatic hydroxyl groups is 1. The van der Waals surface area contributed by atoms with Gasteiger partial charge in [-0.05, 0) is 36.8 Å². The molecule has 140 valence electrons. The molecule has 2 aromatic carbocycles. The van der Waals surface area contributed by atoms with Crippen molar-refractivity contribution in [3.05, 3.63) is 71.0 Å². The van der Waals surface area contributed by atoms with Gasteiger partial charge >= 0.3 is 0 Å². The van der Waals surface area contributed by atoms with E-state index >= 15 is 0 Å². The zero-order valence-electron chi connectivity index (χ0n) is 15.9. The second kappa shape index (κ2) is 7.27. The number of benzene rings is 2. The van der Waals surface area contributed by atoms with Crippen LogP contribution in [0.5, 0.6) is 5.75 Å². The molecule has 0 aromatic heterocycles. The maximum atomic E-state index is 12.9. The number of hydrogen-bond acceptors (Lipinski definition) is 4. The van der Waals surface area contributed by atoms with Gasteiger partial charge in [0, 0.05) is 11.6 Å². The number of anilines is 1. The van der Waals surface area contributed by atoms with Crippen LogP contribution in [0, 0.1) is 12.8 Å². The molecule has 0 saturated carbocycles. The SMILES string of the molecule is COc1ccc(N2C(=O)C(O)=C(C(=O)C(C)C)C2c2cccc(C)c2)cc1. The van der Waals surface area contributed by atoms with E-state index in [0.717, 1.165) is 11.1 Å². The predicted octanol–water partition coefficient (Wildman–Crippen LogP) is 4.13. The van der Waals surface area contributed by atoms with Gasteiger partial charge in [-0.25, -0.2) is 0 Å². The molecule has 1 atom stereocenters. The van der Waals surface area contributed by atoms with E-state index in [4.69, 9.17) is 4.74 Å². The summed E-state index contributed by atoms with van der Waals surface area (Å²) in [6.45, 7) is 5.47. The first-order valence-electron chi connectivity index (χ1n) is 8.86. The molecule has 3 rings (SSSR count). The lowest BCUT2D eigenvalue weighted by Crippen LogP contribution is -2.31. The second-order valence-corrected chi connectivity index (χ2v) is 6.97. The van der Waals surface area contributed by atoms with Gasteiger partial charge in [-0.15, -0.1) is 0 Å². The zero-order valence-corrected chi connectivity index (χ0v) is 15.9. The highest BCUT2D eigenvalue weighted by molar-refractivity contribution is 6.16. The topological polar surface area (TPSA) is 66.8 Å². The quantitative estimate of drug-likeness (QED) is 0.865. The van der Waals surface area contributed by atoms with Gasteiger partial charge in [0.1, 0.15) is 5.75 Å². The van der Waals surface area contributed by atoms with Crippen molar-refractivity contribution < 1.29 is 19.4 Å². The molecule has 2 aromatic rings. The van der Waals surface area contributed by atoms with E-state index in [-0.39, 0.29) is 17.3 Å². The zero-order chi connectivity index (χ0) is 19.7. The standard InChI is InChI=1S/C22H23NO4/c1-13(2)20(24)18-19(15-7-5-6-14(3)12-15)23(22(26)21(18)25)16-8-10-17(27-4)11-9-16/h5-13,19,25H,1-4H3. The number of aliphatic hydroxyl groups excluding tert-OH is 1. The van der Waals surface area contributed by atoms with Gasteiger partial charge in [-0.2, -0.15) is 0 Å². The van der Waals surface area contributed by atoms with Crippen LogP contribution in [0.15, 0.2) is 59.9 Å². The minimum atomic E-state index is -0.666. The van der Waals surface area contributed by atoms with Gasteiger partial charge in [-0.1, -0.05) is 43.7 Å². The smallest absolute Gasteiger partial charge is 0.294 e. The molecule has 0 fully saturated rings. The third-order valence-corrected chi connectivity index (χ3v) is 4.71. The number of aryl methyl sites for hydroxylation is 1. The summed E-state index contributed by atoms with van der Waals surface area (Å²) >= 11 is 0. The van der Waals surface area contributed by atoms with Crippen molar-refractivity contribution in [2.24, 2.45) is 5.92 Å². The number of amides is 1. The first-order valence-corrected chi connectivity index (χ1v) is 8.86. The van der Waals surface area contributed by atoms with Crippen LogP contribution in [0.4, 0.5) is 5.69 Å². The number of carbonyl (C=O) groups excluding carboxylic acids is 2. The van der Waals surface area contributed by atoms with Crippen molar-refractivity contribution in [3.63, 3.8) is 0 Å². The Labute approximate surface area is 158 Å². The first kappa shape index (κ1) is 18.7. The molecular formula is C22H23NO4. The fourth-order valence-electron chi connectivity index (χ4n) is 3.33. The molecule has 1 aliphatic heterocycles. The van der Waals surface area contributed by atoms with Crippen molar-refractivity contribution >= 4 is 17.4 Å². The lowest BCUT2D eigenvalue weighted by molar-refractivity contribution is -0.119. The van der Waals surface area contributed by atoms with Crippen molar-refractivity contribution in [3.8, 4) is 5.75 Å². The van der Waals surface area contributed by atoms with E-state index in [2.05, 4.69) is 0 Å². The molecule has 1 amide bonds. The fraction of sp³-hybridized carbons (Fsp3) is 0.273. The van der Waals surface area contributed by atoms with E-state index in [0.29, 0.717) is 11.4 Å². The Bertz CT molecular complexity index is 912. The van der Waals surface area contributed by atoms with Crippen molar-refractivity contribution in [1.29, 1.82) is 0 Å². The van der Waals surface area contributed by atoms with Crippen LogP contribution in [0.25, 0.3) is 0 Å². The Morgan fingerprint density at radius 1 is 1.15 bits per heavy atom. The van der Waals surface area contributed by atoms with Crippen molar-refractivity contribution in [1.82, 2.24) is 0 Å². The highest BCUT2D eigenvalue weighted by atomic mass is 16.5. The number of rotatable bonds is 5. The molecule has 1 unspecified atom stereocenters. The number of methoxy groups -OCH3 is 1. The summed E-state index contributed by atoms with van der Waals surface area (Å²) < 4.78 is 5.18. The number of hydrogen-bond donors (Lipinski definition) is 1.